The number of ether oxygens (including phenoxy) is 1. The first-order valence-electron chi connectivity index (χ1n) is 5.19. The molecule has 0 aliphatic rings. The van der Waals surface area contributed by atoms with Gasteiger partial charge in [0.1, 0.15) is 5.75 Å². The van der Waals surface area contributed by atoms with E-state index in [1.807, 2.05) is 6.92 Å². The predicted molar refractivity (Wildman–Crippen MR) is 60.9 cm³/mol. The first-order chi connectivity index (χ1) is 8.02. The fraction of sp³-hybridized carbons (Fsp3) is 0.333. The Morgan fingerprint density at radius 1 is 1.24 bits per heavy atom. The summed E-state index contributed by atoms with van der Waals surface area (Å²) in [4.78, 5) is 22.1. The van der Waals surface area contributed by atoms with E-state index in [2.05, 4.69) is 0 Å². The molecule has 17 heavy (non-hydrogen) atoms. The van der Waals surface area contributed by atoms with Crippen LogP contribution in [0.15, 0.2) is 12.1 Å². The van der Waals surface area contributed by atoms with E-state index < -0.39 is 11.9 Å². The van der Waals surface area contributed by atoms with Crippen LogP contribution in [-0.4, -0.2) is 29.3 Å². The second kappa shape index (κ2) is 5.34. The summed E-state index contributed by atoms with van der Waals surface area (Å²) in [7, 11) is 1.43. The largest absolute Gasteiger partial charge is 0.496 e. The zero-order chi connectivity index (χ0) is 13.0. The summed E-state index contributed by atoms with van der Waals surface area (Å²) < 4.78 is 5.07. The average Bonchev–Trinajstić information content (AvgIpc) is 2.28. The van der Waals surface area contributed by atoms with Gasteiger partial charge in [-0.2, -0.15) is 0 Å². The van der Waals surface area contributed by atoms with Crippen molar-refractivity contribution >= 4 is 11.9 Å². The highest BCUT2D eigenvalue weighted by molar-refractivity contribution is 6.03. The highest BCUT2D eigenvalue weighted by atomic mass is 16.5. The average molecular weight is 238 g/mol. The van der Waals surface area contributed by atoms with Gasteiger partial charge >= 0.3 is 11.9 Å². The Kier molecular flexibility index (Phi) is 4.09. The molecule has 5 nitrogen and oxygen atoms in total. The van der Waals surface area contributed by atoms with Crippen LogP contribution in [0.4, 0.5) is 0 Å². The molecule has 1 rings (SSSR count). The van der Waals surface area contributed by atoms with Crippen LogP contribution in [0.1, 0.15) is 39.6 Å². The number of rotatable bonds is 5. The van der Waals surface area contributed by atoms with Crippen molar-refractivity contribution in [3.8, 4) is 5.75 Å². The molecule has 5 heteroatoms. The summed E-state index contributed by atoms with van der Waals surface area (Å²) in [6.07, 6.45) is 1.17. The summed E-state index contributed by atoms with van der Waals surface area (Å²) in [6, 6.07) is 2.74. The molecule has 0 amide bonds. The van der Waals surface area contributed by atoms with E-state index in [9.17, 15) is 9.59 Å². The van der Waals surface area contributed by atoms with Crippen LogP contribution in [0.2, 0.25) is 0 Å². The Bertz CT molecular complexity index is 450. The molecule has 0 unspecified atom stereocenters. The Morgan fingerprint density at radius 3 is 2.29 bits per heavy atom. The Balaban J connectivity index is 3.52. The molecular weight excluding hydrogens is 224 g/mol. The SMILES string of the molecule is CCCc1c(OC)ccc(C(=O)O)c1C(=O)O. The van der Waals surface area contributed by atoms with Crippen LogP contribution >= 0.6 is 0 Å². The molecule has 0 saturated heterocycles. The van der Waals surface area contributed by atoms with Crippen molar-refractivity contribution in [1.29, 1.82) is 0 Å². The van der Waals surface area contributed by atoms with E-state index in [1.165, 1.54) is 19.2 Å². The molecular formula is C12H14O5. The Hall–Kier alpha value is -2.04. The Morgan fingerprint density at radius 2 is 1.88 bits per heavy atom. The van der Waals surface area contributed by atoms with Crippen LogP contribution in [0, 0.1) is 0 Å². The first-order valence-corrected chi connectivity index (χ1v) is 5.19. The number of carbonyl (C=O) groups is 2. The van der Waals surface area contributed by atoms with Crippen LogP contribution in [0.25, 0.3) is 0 Å². The third-order valence-electron chi connectivity index (χ3n) is 2.43. The molecule has 1 aromatic carbocycles. The number of hydrogen-bond acceptors (Lipinski definition) is 3. The molecule has 92 valence electrons. The maximum absolute atomic E-state index is 11.2. The molecule has 0 radical (unpaired) electrons. The minimum atomic E-state index is -1.25. The third kappa shape index (κ3) is 2.55. The van der Waals surface area contributed by atoms with Crippen LogP contribution in [0.5, 0.6) is 5.75 Å². The summed E-state index contributed by atoms with van der Waals surface area (Å²) in [5, 5.41) is 18.1. The molecule has 0 heterocycles. The molecule has 0 aliphatic carbocycles. The number of hydrogen-bond donors (Lipinski definition) is 2. The Labute approximate surface area is 98.6 Å². The lowest BCUT2D eigenvalue weighted by Crippen LogP contribution is -2.12. The van der Waals surface area contributed by atoms with Crippen LogP contribution in [0.3, 0.4) is 0 Å². The van der Waals surface area contributed by atoms with Crippen molar-refractivity contribution in [3.63, 3.8) is 0 Å². The van der Waals surface area contributed by atoms with Crippen molar-refractivity contribution < 1.29 is 24.5 Å². The smallest absolute Gasteiger partial charge is 0.336 e. The monoisotopic (exact) mass is 238 g/mol. The van der Waals surface area contributed by atoms with Gasteiger partial charge in [-0.05, 0) is 18.6 Å². The number of carboxylic acids is 2. The number of benzene rings is 1. The maximum Gasteiger partial charge on any atom is 0.336 e. The van der Waals surface area contributed by atoms with Gasteiger partial charge in [-0.15, -0.1) is 0 Å². The summed E-state index contributed by atoms with van der Waals surface area (Å²) in [5.41, 5.74) is 0.0443. The van der Waals surface area contributed by atoms with Gasteiger partial charge in [-0.25, -0.2) is 9.59 Å². The molecule has 0 spiro atoms. The summed E-state index contributed by atoms with van der Waals surface area (Å²) in [6.45, 7) is 1.89. The van der Waals surface area contributed by atoms with Gasteiger partial charge in [-0.1, -0.05) is 13.3 Å². The van der Waals surface area contributed by atoms with Gasteiger partial charge < -0.3 is 14.9 Å². The highest BCUT2D eigenvalue weighted by Crippen LogP contribution is 2.27. The van der Waals surface area contributed by atoms with E-state index in [0.717, 1.165) is 0 Å². The lowest BCUT2D eigenvalue weighted by atomic mass is 9.96. The second-order valence-corrected chi connectivity index (χ2v) is 3.53. The van der Waals surface area contributed by atoms with E-state index >= 15 is 0 Å². The molecule has 0 saturated carbocycles. The molecule has 1 aromatic rings. The topological polar surface area (TPSA) is 83.8 Å². The standard InChI is InChI=1S/C12H14O5/c1-3-4-7-9(17-2)6-5-8(11(13)14)10(7)12(15)16/h5-6H,3-4H2,1-2H3,(H,13,14)(H,15,16). The fourth-order valence-electron chi connectivity index (χ4n) is 1.74. The molecule has 0 aromatic heterocycles. The minimum absolute atomic E-state index is 0.182. The maximum atomic E-state index is 11.2. The van der Waals surface area contributed by atoms with Crippen molar-refractivity contribution in [1.82, 2.24) is 0 Å². The summed E-state index contributed by atoms with van der Waals surface area (Å²) in [5.74, 6) is -2.08. The lowest BCUT2D eigenvalue weighted by Gasteiger charge is -2.13. The second-order valence-electron chi connectivity index (χ2n) is 3.53. The molecule has 0 aliphatic heterocycles. The van der Waals surface area contributed by atoms with Gasteiger partial charge in [0.25, 0.3) is 0 Å². The zero-order valence-electron chi connectivity index (χ0n) is 9.69. The predicted octanol–water partition coefficient (Wildman–Crippen LogP) is 2.04. The molecule has 0 bridgehead atoms. The van der Waals surface area contributed by atoms with Crippen molar-refractivity contribution in [2.75, 3.05) is 7.11 Å². The van der Waals surface area contributed by atoms with E-state index in [0.29, 0.717) is 24.2 Å². The lowest BCUT2D eigenvalue weighted by molar-refractivity contribution is 0.0650. The number of aromatic carboxylic acids is 2. The minimum Gasteiger partial charge on any atom is -0.496 e. The van der Waals surface area contributed by atoms with Gasteiger partial charge in [0.05, 0.1) is 18.2 Å². The zero-order valence-corrected chi connectivity index (χ0v) is 9.69. The van der Waals surface area contributed by atoms with E-state index in [1.54, 1.807) is 0 Å². The van der Waals surface area contributed by atoms with Crippen LogP contribution < -0.4 is 4.74 Å². The van der Waals surface area contributed by atoms with Crippen molar-refractivity contribution in [2.24, 2.45) is 0 Å². The van der Waals surface area contributed by atoms with Crippen molar-refractivity contribution in [3.05, 3.63) is 28.8 Å². The normalized spacial score (nSPS) is 10.0. The molecule has 2 N–H and O–H groups in total. The molecule has 0 atom stereocenters. The number of methoxy groups -OCH3 is 1. The fourth-order valence-corrected chi connectivity index (χ4v) is 1.74. The van der Waals surface area contributed by atoms with Gasteiger partial charge in [0, 0.05) is 5.56 Å². The van der Waals surface area contributed by atoms with E-state index in [-0.39, 0.29) is 11.1 Å². The molecule has 0 fully saturated rings. The highest BCUT2D eigenvalue weighted by Gasteiger charge is 2.22. The van der Waals surface area contributed by atoms with Gasteiger partial charge in [0.15, 0.2) is 0 Å². The van der Waals surface area contributed by atoms with Crippen molar-refractivity contribution in [2.45, 2.75) is 19.8 Å². The third-order valence-corrected chi connectivity index (χ3v) is 2.43. The van der Waals surface area contributed by atoms with Crippen LogP contribution in [-0.2, 0) is 6.42 Å². The first kappa shape index (κ1) is 13.0. The van der Waals surface area contributed by atoms with Gasteiger partial charge in [-0.3, -0.25) is 0 Å². The summed E-state index contributed by atoms with van der Waals surface area (Å²) >= 11 is 0. The number of carboxylic acid groups (broad SMARTS) is 2. The van der Waals surface area contributed by atoms with Gasteiger partial charge in [0.2, 0.25) is 0 Å². The quantitative estimate of drug-likeness (QED) is 0.820. The van der Waals surface area contributed by atoms with E-state index in [4.69, 9.17) is 14.9 Å².